The summed E-state index contributed by atoms with van der Waals surface area (Å²) in [6, 6.07) is 16.6. The lowest BCUT2D eigenvalue weighted by Crippen LogP contribution is -2.25. The first-order chi connectivity index (χ1) is 16.7. The minimum Gasteiger partial charge on any atom is -0.328 e. The number of rotatable bonds is 13. The van der Waals surface area contributed by atoms with Gasteiger partial charge in [-0.2, -0.15) is 0 Å². The van der Waals surface area contributed by atoms with Crippen LogP contribution >= 0.6 is 0 Å². The Morgan fingerprint density at radius 1 is 0.853 bits per heavy atom. The van der Waals surface area contributed by atoms with E-state index in [2.05, 4.69) is 54.8 Å². The molecule has 0 spiro atoms. The second-order valence-electron chi connectivity index (χ2n) is 9.98. The van der Waals surface area contributed by atoms with Crippen LogP contribution in [-0.4, -0.2) is 22.0 Å². The summed E-state index contributed by atoms with van der Waals surface area (Å²) in [4.78, 5) is 20.0. The van der Waals surface area contributed by atoms with Crippen molar-refractivity contribution in [3.05, 3.63) is 59.9 Å². The third kappa shape index (κ3) is 5.89. The number of imidazole rings is 1. The van der Waals surface area contributed by atoms with Crippen molar-refractivity contribution in [1.82, 2.24) is 9.55 Å². The van der Waals surface area contributed by atoms with Crippen LogP contribution in [0.25, 0.3) is 11.0 Å². The fraction of sp³-hybridized carbons (Fsp3) is 0.533. The Morgan fingerprint density at radius 3 is 2.24 bits per heavy atom. The number of carbonyl (C=O) groups excluding carboxylic acids is 1. The van der Waals surface area contributed by atoms with Gasteiger partial charge in [0.25, 0.3) is 0 Å². The van der Waals surface area contributed by atoms with Crippen molar-refractivity contribution in [2.75, 3.05) is 11.4 Å². The normalized spacial score (nSPS) is 16.1. The maximum atomic E-state index is 13.0. The number of para-hydroxylation sites is 3. The maximum Gasteiger partial charge on any atom is 0.227 e. The van der Waals surface area contributed by atoms with E-state index in [0.29, 0.717) is 13.0 Å². The number of fused-ring (bicyclic) bond motifs is 1. The molecular formula is C30H41N3O. The Morgan fingerprint density at radius 2 is 1.50 bits per heavy atom. The van der Waals surface area contributed by atoms with Crippen LogP contribution in [0.15, 0.2) is 48.5 Å². The molecule has 1 saturated heterocycles. The second-order valence-corrected chi connectivity index (χ2v) is 9.98. The van der Waals surface area contributed by atoms with E-state index in [-0.39, 0.29) is 11.8 Å². The van der Waals surface area contributed by atoms with Crippen LogP contribution < -0.4 is 4.90 Å². The Balaban J connectivity index is 1.37. The minimum absolute atomic E-state index is 0.141. The van der Waals surface area contributed by atoms with Crippen molar-refractivity contribution >= 4 is 22.6 Å². The van der Waals surface area contributed by atoms with Crippen LogP contribution in [0.1, 0.15) is 94.9 Å². The summed E-state index contributed by atoms with van der Waals surface area (Å²) in [5.74, 6) is 1.43. The van der Waals surface area contributed by atoms with E-state index in [1.807, 2.05) is 17.0 Å². The molecule has 4 heteroatoms. The number of amides is 1. The van der Waals surface area contributed by atoms with Crippen LogP contribution in [0, 0.1) is 6.92 Å². The highest BCUT2D eigenvalue weighted by atomic mass is 16.2. The van der Waals surface area contributed by atoms with Crippen molar-refractivity contribution in [3.63, 3.8) is 0 Å². The minimum atomic E-state index is 0.141. The Bertz CT molecular complexity index is 1070. The number of benzene rings is 2. The van der Waals surface area contributed by atoms with Gasteiger partial charge in [-0.1, -0.05) is 95.0 Å². The van der Waals surface area contributed by atoms with Gasteiger partial charge in [0.15, 0.2) is 0 Å². The molecule has 0 N–H and O–H groups in total. The van der Waals surface area contributed by atoms with Crippen LogP contribution in [0.4, 0.5) is 5.69 Å². The fourth-order valence-corrected chi connectivity index (χ4v) is 5.38. The predicted octanol–water partition coefficient (Wildman–Crippen LogP) is 7.79. The van der Waals surface area contributed by atoms with Crippen molar-refractivity contribution in [3.8, 4) is 0 Å². The number of aromatic nitrogens is 2. The first-order valence-corrected chi connectivity index (χ1v) is 13.5. The molecule has 4 rings (SSSR count). The Labute approximate surface area is 205 Å². The van der Waals surface area contributed by atoms with Gasteiger partial charge in [0.1, 0.15) is 5.82 Å². The summed E-state index contributed by atoms with van der Waals surface area (Å²) in [6.45, 7) is 6.06. The molecule has 2 aromatic carbocycles. The molecule has 3 aromatic rings. The van der Waals surface area contributed by atoms with Crippen molar-refractivity contribution in [2.24, 2.45) is 0 Å². The average Bonchev–Trinajstić information content (AvgIpc) is 3.41. The first kappa shape index (κ1) is 24.5. The largest absolute Gasteiger partial charge is 0.328 e. The highest BCUT2D eigenvalue weighted by molar-refractivity contribution is 5.97. The molecule has 0 aliphatic carbocycles. The zero-order valence-corrected chi connectivity index (χ0v) is 21.1. The molecule has 1 aliphatic heterocycles. The quantitative estimate of drug-likeness (QED) is 0.245. The van der Waals surface area contributed by atoms with Crippen LogP contribution in [0.3, 0.4) is 0 Å². The van der Waals surface area contributed by atoms with E-state index in [0.717, 1.165) is 29.1 Å². The van der Waals surface area contributed by atoms with Crippen LogP contribution in [0.5, 0.6) is 0 Å². The smallest absolute Gasteiger partial charge is 0.227 e. The van der Waals surface area contributed by atoms with Gasteiger partial charge in [-0.05, 0) is 37.1 Å². The number of nitrogens with zero attached hydrogens (tertiary/aromatic N) is 3. The lowest BCUT2D eigenvalue weighted by molar-refractivity contribution is -0.117. The number of hydrogen-bond donors (Lipinski definition) is 0. The zero-order chi connectivity index (χ0) is 23.8. The lowest BCUT2D eigenvalue weighted by Gasteiger charge is -2.19. The lowest BCUT2D eigenvalue weighted by atomic mass is 10.1. The molecule has 0 bridgehead atoms. The molecule has 0 radical (unpaired) electrons. The number of anilines is 1. The van der Waals surface area contributed by atoms with E-state index in [4.69, 9.17) is 4.98 Å². The van der Waals surface area contributed by atoms with Crippen LogP contribution in [0.2, 0.25) is 0 Å². The van der Waals surface area contributed by atoms with E-state index in [1.54, 1.807) is 0 Å². The van der Waals surface area contributed by atoms with Gasteiger partial charge >= 0.3 is 0 Å². The van der Waals surface area contributed by atoms with E-state index >= 15 is 0 Å². The van der Waals surface area contributed by atoms with Gasteiger partial charge in [0.05, 0.1) is 11.0 Å². The number of carbonyl (C=O) groups is 1. The van der Waals surface area contributed by atoms with Gasteiger partial charge in [-0.15, -0.1) is 0 Å². The highest BCUT2D eigenvalue weighted by Crippen LogP contribution is 2.34. The molecule has 2 heterocycles. The van der Waals surface area contributed by atoms with E-state index in [9.17, 15) is 4.79 Å². The van der Waals surface area contributed by atoms with Crippen molar-refractivity contribution in [1.29, 1.82) is 0 Å². The van der Waals surface area contributed by atoms with Crippen LogP contribution in [-0.2, 0) is 11.3 Å². The second kappa shape index (κ2) is 12.2. The van der Waals surface area contributed by atoms with Gasteiger partial charge in [-0.3, -0.25) is 4.79 Å². The molecule has 1 fully saturated rings. The van der Waals surface area contributed by atoms with Crippen molar-refractivity contribution in [2.45, 2.75) is 96.9 Å². The van der Waals surface area contributed by atoms with Crippen molar-refractivity contribution < 1.29 is 4.79 Å². The van der Waals surface area contributed by atoms with Gasteiger partial charge in [-0.25, -0.2) is 4.98 Å². The third-order valence-electron chi connectivity index (χ3n) is 7.32. The summed E-state index contributed by atoms with van der Waals surface area (Å²) >= 11 is 0. The predicted molar refractivity (Wildman–Crippen MR) is 142 cm³/mol. The fourth-order valence-electron chi connectivity index (χ4n) is 5.38. The summed E-state index contributed by atoms with van der Waals surface area (Å²) in [5.41, 5.74) is 4.43. The molecule has 182 valence electrons. The number of unbranched alkanes of at least 4 members (excludes halogenated alkanes) is 9. The van der Waals surface area contributed by atoms with E-state index in [1.165, 1.54) is 69.7 Å². The Kier molecular flexibility index (Phi) is 8.79. The summed E-state index contributed by atoms with van der Waals surface area (Å²) in [7, 11) is 0. The van der Waals surface area contributed by atoms with Gasteiger partial charge in [0, 0.05) is 31.1 Å². The molecule has 1 aromatic heterocycles. The highest BCUT2D eigenvalue weighted by Gasteiger charge is 2.35. The zero-order valence-electron chi connectivity index (χ0n) is 21.1. The SMILES string of the molecule is CCCCCCCCCCCCn1c(C2CC(=O)N(c3ccccc3C)C2)nc2ccccc21. The molecule has 34 heavy (non-hydrogen) atoms. The molecule has 1 unspecified atom stereocenters. The topological polar surface area (TPSA) is 38.1 Å². The molecule has 0 saturated carbocycles. The molecule has 1 aliphatic rings. The summed E-state index contributed by atoms with van der Waals surface area (Å²) < 4.78 is 2.40. The standard InChI is InChI=1S/C30H41N3O/c1-3-4-5-6-7-8-9-10-11-16-21-32-28-20-15-13-18-26(28)31-30(32)25-22-29(34)33(23-25)27-19-14-12-17-24(27)2/h12-15,17-20,25H,3-11,16,21-23H2,1-2H3. The summed E-state index contributed by atoms with van der Waals surface area (Å²) in [6.07, 6.45) is 13.9. The third-order valence-corrected chi connectivity index (χ3v) is 7.32. The first-order valence-electron chi connectivity index (χ1n) is 13.5. The van der Waals surface area contributed by atoms with Gasteiger partial charge in [0.2, 0.25) is 5.91 Å². The summed E-state index contributed by atoms with van der Waals surface area (Å²) in [5, 5.41) is 0. The molecule has 1 atom stereocenters. The number of hydrogen-bond acceptors (Lipinski definition) is 2. The maximum absolute atomic E-state index is 13.0. The molecule has 4 nitrogen and oxygen atoms in total. The Hall–Kier alpha value is -2.62. The molecular weight excluding hydrogens is 418 g/mol. The van der Waals surface area contributed by atoms with Gasteiger partial charge < -0.3 is 9.47 Å². The average molecular weight is 460 g/mol. The monoisotopic (exact) mass is 459 g/mol. The van der Waals surface area contributed by atoms with E-state index < -0.39 is 0 Å². The number of aryl methyl sites for hydroxylation is 2. The molecule has 1 amide bonds.